The van der Waals surface area contributed by atoms with Crippen molar-refractivity contribution in [3.8, 4) is 0 Å². The van der Waals surface area contributed by atoms with E-state index >= 15 is 0 Å². The van der Waals surface area contributed by atoms with E-state index in [1.54, 1.807) is 30.1 Å². The highest BCUT2D eigenvalue weighted by molar-refractivity contribution is 5.92. The largest absolute Gasteiger partial charge is 0.340 e. The van der Waals surface area contributed by atoms with Crippen molar-refractivity contribution in [3.63, 3.8) is 0 Å². The van der Waals surface area contributed by atoms with Crippen molar-refractivity contribution < 1.29 is 9.18 Å². The highest BCUT2D eigenvalue weighted by Crippen LogP contribution is 2.18. The van der Waals surface area contributed by atoms with E-state index in [0.29, 0.717) is 18.1 Å². The van der Waals surface area contributed by atoms with Gasteiger partial charge in [0, 0.05) is 19.7 Å². The van der Waals surface area contributed by atoms with Gasteiger partial charge in [-0.25, -0.2) is 14.4 Å². The maximum atomic E-state index is 13.6. The molecule has 1 aromatic heterocycles. The molecule has 0 aliphatic heterocycles. The third-order valence-corrected chi connectivity index (χ3v) is 3.22. The van der Waals surface area contributed by atoms with E-state index in [1.807, 2.05) is 0 Å². The lowest BCUT2D eigenvalue weighted by Gasteiger charge is -2.16. The third-order valence-electron chi connectivity index (χ3n) is 3.22. The number of halogens is 1. The zero-order valence-electron chi connectivity index (χ0n) is 12.7. The number of hydrogen-bond acceptors (Lipinski definition) is 4. The molecule has 22 heavy (non-hydrogen) atoms. The van der Waals surface area contributed by atoms with E-state index in [2.05, 4.69) is 22.2 Å². The second kappa shape index (κ2) is 7.49. The molecule has 1 aromatic carbocycles. The van der Waals surface area contributed by atoms with Gasteiger partial charge in [0.25, 0.3) is 5.91 Å². The zero-order valence-corrected chi connectivity index (χ0v) is 12.7. The molecule has 0 radical (unpaired) electrons. The van der Waals surface area contributed by atoms with Gasteiger partial charge in [0.2, 0.25) is 0 Å². The molecule has 0 saturated heterocycles. The number of benzene rings is 1. The summed E-state index contributed by atoms with van der Waals surface area (Å²) in [5, 5.41) is 2.85. The molecule has 5 nitrogen and oxygen atoms in total. The number of carbonyl (C=O) groups is 1. The van der Waals surface area contributed by atoms with Crippen LogP contribution in [0.25, 0.3) is 0 Å². The molecule has 1 N–H and O–H groups in total. The van der Waals surface area contributed by atoms with Gasteiger partial charge in [0.05, 0.1) is 5.69 Å². The average Bonchev–Trinajstić information content (AvgIpc) is 2.54. The number of nitrogens with one attached hydrogen (secondary N) is 1. The fourth-order valence-corrected chi connectivity index (χ4v) is 1.94. The molecule has 0 fully saturated rings. The number of carbonyl (C=O) groups excluding carboxylic acids is 1. The Morgan fingerprint density at radius 3 is 2.82 bits per heavy atom. The third kappa shape index (κ3) is 4.00. The summed E-state index contributed by atoms with van der Waals surface area (Å²) in [4.78, 5) is 21.9. The van der Waals surface area contributed by atoms with Gasteiger partial charge in [-0.1, -0.05) is 25.5 Å². The Morgan fingerprint density at radius 1 is 1.32 bits per heavy atom. The lowest BCUT2D eigenvalue weighted by molar-refractivity contribution is 0.0787. The van der Waals surface area contributed by atoms with Crippen LogP contribution in [-0.2, 0) is 0 Å². The zero-order chi connectivity index (χ0) is 15.9. The number of amides is 1. The monoisotopic (exact) mass is 302 g/mol. The van der Waals surface area contributed by atoms with E-state index in [1.165, 1.54) is 18.5 Å². The molecule has 0 saturated carbocycles. The van der Waals surface area contributed by atoms with Crippen LogP contribution in [0.3, 0.4) is 0 Å². The first-order chi connectivity index (χ1) is 10.6. The molecule has 0 spiro atoms. The predicted octanol–water partition coefficient (Wildman–Crippen LogP) is 3.23. The number of aromatic nitrogens is 2. The van der Waals surface area contributed by atoms with Crippen molar-refractivity contribution in [3.05, 3.63) is 48.2 Å². The van der Waals surface area contributed by atoms with Crippen molar-refractivity contribution in [2.75, 3.05) is 18.9 Å². The number of anilines is 2. The molecular weight excluding hydrogens is 283 g/mol. The number of rotatable bonds is 6. The lowest BCUT2D eigenvalue weighted by Crippen LogP contribution is -2.28. The van der Waals surface area contributed by atoms with Crippen LogP contribution >= 0.6 is 0 Å². The summed E-state index contributed by atoms with van der Waals surface area (Å²) in [6.07, 6.45) is 3.25. The molecule has 0 unspecified atom stereocenters. The summed E-state index contributed by atoms with van der Waals surface area (Å²) in [5.74, 6) is -0.172. The van der Waals surface area contributed by atoms with Gasteiger partial charge in [0.15, 0.2) is 0 Å². The number of hydrogen-bond donors (Lipinski definition) is 1. The van der Waals surface area contributed by atoms with Crippen LogP contribution in [0.2, 0.25) is 0 Å². The maximum absolute atomic E-state index is 13.6. The van der Waals surface area contributed by atoms with Gasteiger partial charge in [0.1, 0.15) is 23.7 Å². The number of nitrogens with zero attached hydrogens (tertiary/aromatic N) is 3. The quantitative estimate of drug-likeness (QED) is 0.890. The first-order valence-electron chi connectivity index (χ1n) is 7.21. The van der Waals surface area contributed by atoms with Gasteiger partial charge in [-0.3, -0.25) is 4.79 Å². The Morgan fingerprint density at radius 2 is 2.09 bits per heavy atom. The second-order valence-electron chi connectivity index (χ2n) is 4.97. The Labute approximate surface area is 129 Å². The van der Waals surface area contributed by atoms with Crippen LogP contribution in [0.5, 0.6) is 0 Å². The molecule has 2 aromatic rings. The van der Waals surface area contributed by atoms with Crippen molar-refractivity contribution in [2.24, 2.45) is 0 Å². The molecule has 116 valence electrons. The summed E-state index contributed by atoms with van der Waals surface area (Å²) in [6.45, 7) is 2.74. The number of unbranched alkanes of at least 4 members (excludes halogenated alkanes) is 1. The first-order valence-corrected chi connectivity index (χ1v) is 7.21. The summed E-state index contributed by atoms with van der Waals surface area (Å²) in [7, 11) is 1.74. The van der Waals surface area contributed by atoms with Crippen LogP contribution in [0.1, 0.15) is 30.3 Å². The van der Waals surface area contributed by atoms with E-state index in [-0.39, 0.29) is 17.4 Å². The van der Waals surface area contributed by atoms with Crippen molar-refractivity contribution in [1.29, 1.82) is 0 Å². The standard InChI is InChI=1S/C16H19FN4O/c1-3-4-9-21(2)16(22)14-10-15(19-11-18-14)20-13-8-6-5-7-12(13)17/h5-8,10-11H,3-4,9H2,1-2H3,(H,18,19,20). The van der Waals surface area contributed by atoms with Crippen LogP contribution < -0.4 is 5.32 Å². The van der Waals surface area contributed by atoms with Crippen molar-refractivity contribution in [1.82, 2.24) is 14.9 Å². The average molecular weight is 302 g/mol. The van der Waals surface area contributed by atoms with Gasteiger partial charge < -0.3 is 10.2 Å². The van der Waals surface area contributed by atoms with Crippen LogP contribution in [-0.4, -0.2) is 34.4 Å². The Bertz CT molecular complexity index is 648. The van der Waals surface area contributed by atoms with E-state index in [4.69, 9.17) is 0 Å². The minimum absolute atomic E-state index is 0.174. The van der Waals surface area contributed by atoms with Crippen LogP contribution in [0.15, 0.2) is 36.7 Å². The lowest BCUT2D eigenvalue weighted by atomic mass is 10.2. The molecule has 0 bridgehead atoms. The SMILES string of the molecule is CCCCN(C)C(=O)c1cc(Nc2ccccc2F)ncn1. The van der Waals surface area contributed by atoms with Gasteiger partial charge in [-0.15, -0.1) is 0 Å². The van der Waals surface area contributed by atoms with Gasteiger partial charge >= 0.3 is 0 Å². The van der Waals surface area contributed by atoms with Crippen LogP contribution in [0, 0.1) is 5.82 Å². The first kappa shape index (κ1) is 15.9. The molecular formula is C16H19FN4O. The van der Waals surface area contributed by atoms with Crippen molar-refractivity contribution in [2.45, 2.75) is 19.8 Å². The Hall–Kier alpha value is -2.50. The molecule has 1 heterocycles. The molecule has 2 rings (SSSR count). The van der Waals surface area contributed by atoms with E-state index in [0.717, 1.165) is 12.8 Å². The topological polar surface area (TPSA) is 58.1 Å². The van der Waals surface area contributed by atoms with Gasteiger partial charge in [-0.2, -0.15) is 0 Å². The van der Waals surface area contributed by atoms with E-state index in [9.17, 15) is 9.18 Å². The summed E-state index contributed by atoms with van der Waals surface area (Å²) in [5.41, 5.74) is 0.589. The second-order valence-corrected chi connectivity index (χ2v) is 4.97. The van der Waals surface area contributed by atoms with E-state index < -0.39 is 0 Å². The van der Waals surface area contributed by atoms with Gasteiger partial charge in [-0.05, 0) is 18.6 Å². The molecule has 0 aliphatic carbocycles. The number of para-hydroxylation sites is 1. The Balaban J connectivity index is 2.13. The summed E-state index contributed by atoms with van der Waals surface area (Å²) < 4.78 is 13.6. The molecule has 0 aliphatic rings. The predicted molar refractivity (Wildman–Crippen MR) is 83.6 cm³/mol. The summed E-state index contributed by atoms with van der Waals surface area (Å²) >= 11 is 0. The van der Waals surface area contributed by atoms with Crippen molar-refractivity contribution >= 4 is 17.4 Å². The van der Waals surface area contributed by atoms with Crippen LogP contribution in [0.4, 0.5) is 15.9 Å². The maximum Gasteiger partial charge on any atom is 0.272 e. The fourth-order valence-electron chi connectivity index (χ4n) is 1.94. The smallest absolute Gasteiger partial charge is 0.272 e. The normalized spacial score (nSPS) is 10.3. The molecule has 6 heteroatoms. The molecule has 0 atom stereocenters. The highest BCUT2D eigenvalue weighted by atomic mass is 19.1. The minimum Gasteiger partial charge on any atom is -0.340 e. The minimum atomic E-state index is -0.381. The Kier molecular flexibility index (Phi) is 5.41. The summed E-state index contributed by atoms with van der Waals surface area (Å²) in [6, 6.07) is 7.81. The fraction of sp³-hybridized carbons (Fsp3) is 0.312. The highest BCUT2D eigenvalue weighted by Gasteiger charge is 2.14. The molecule has 1 amide bonds.